The van der Waals surface area contributed by atoms with Crippen LogP contribution in [0.15, 0.2) is 29.2 Å². The van der Waals surface area contributed by atoms with Crippen LogP contribution >= 0.6 is 0 Å². The predicted molar refractivity (Wildman–Crippen MR) is 69.1 cm³/mol. The normalized spacial score (nSPS) is 13.4. The topological polar surface area (TPSA) is 57.6 Å². The van der Waals surface area contributed by atoms with Crippen molar-refractivity contribution in [3.63, 3.8) is 0 Å². The number of rotatable bonds is 5. The third kappa shape index (κ3) is 4.02. The summed E-state index contributed by atoms with van der Waals surface area (Å²) in [6, 6.07) is 6.90. The average molecular weight is 257 g/mol. The minimum absolute atomic E-state index is 0.327. The first-order valence-electron chi connectivity index (χ1n) is 5.50. The average Bonchev–Trinajstić information content (AvgIpc) is 2.24. The van der Waals surface area contributed by atoms with E-state index in [2.05, 4.69) is 0 Å². The van der Waals surface area contributed by atoms with Crippen LogP contribution in [0.3, 0.4) is 0 Å². The first-order chi connectivity index (χ1) is 7.82. The number of para-hydroxylation sites is 1. The van der Waals surface area contributed by atoms with Crippen molar-refractivity contribution in [2.24, 2.45) is 0 Å². The Morgan fingerprint density at radius 1 is 1.35 bits per heavy atom. The molecule has 0 aliphatic heterocycles. The summed E-state index contributed by atoms with van der Waals surface area (Å²) in [5, 5.41) is 9.23. The second-order valence-corrected chi connectivity index (χ2v) is 6.28. The highest BCUT2D eigenvalue weighted by Crippen LogP contribution is 2.24. The Hall–Kier alpha value is -1.07. The van der Waals surface area contributed by atoms with Gasteiger partial charge in [0.1, 0.15) is 0 Å². The van der Waals surface area contributed by atoms with E-state index in [1.807, 2.05) is 18.0 Å². The Labute approximate surface area is 103 Å². The first-order valence-corrected chi connectivity index (χ1v) is 7.40. The van der Waals surface area contributed by atoms with Crippen molar-refractivity contribution < 1.29 is 13.5 Å². The van der Waals surface area contributed by atoms with Crippen LogP contribution in [-0.4, -0.2) is 39.5 Å². The van der Waals surface area contributed by atoms with Crippen LogP contribution in [-0.2, 0) is 9.84 Å². The first kappa shape index (κ1) is 14.0. The molecule has 4 nitrogen and oxygen atoms in total. The van der Waals surface area contributed by atoms with Gasteiger partial charge in [0, 0.05) is 19.8 Å². The monoisotopic (exact) mass is 257 g/mol. The van der Waals surface area contributed by atoms with Gasteiger partial charge in [-0.1, -0.05) is 12.1 Å². The molecule has 1 atom stereocenters. The van der Waals surface area contributed by atoms with Crippen molar-refractivity contribution >= 4 is 15.5 Å². The highest BCUT2D eigenvalue weighted by Gasteiger charge is 2.15. The SMILES string of the molecule is C[C@@H](O)CCN(C)c1ccccc1S(C)(=O)=O. The van der Waals surface area contributed by atoms with E-state index in [-0.39, 0.29) is 6.10 Å². The third-order valence-electron chi connectivity index (χ3n) is 2.56. The van der Waals surface area contributed by atoms with Gasteiger partial charge in [0.2, 0.25) is 0 Å². The molecular weight excluding hydrogens is 238 g/mol. The maximum Gasteiger partial charge on any atom is 0.177 e. The van der Waals surface area contributed by atoms with E-state index >= 15 is 0 Å². The van der Waals surface area contributed by atoms with Crippen molar-refractivity contribution in [2.75, 3.05) is 24.7 Å². The van der Waals surface area contributed by atoms with Gasteiger partial charge in [-0.2, -0.15) is 0 Å². The molecule has 0 heterocycles. The number of aliphatic hydroxyl groups is 1. The fourth-order valence-electron chi connectivity index (χ4n) is 1.59. The molecule has 17 heavy (non-hydrogen) atoms. The highest BCUT2D eigenvalue weighted by atomic mass is 32.2. The summed E-state index contributed by atoms with van der Waals surface area (Å²) >= 11 is 0. The number of nitrogens with zero attached hydrogens (tertiary/aromatic N) is 1. The third-order valence-corrected chi connectivity index (χ3v) is 3.70. The standard InChI is InChI=1S/C12H19NO3S/c1-10(14)8-9-13(2)11-6-4-5-7-12(11)17(3,15)16/h4-7,10,14H,8-9H2,1-3H3/t10-/m1/s1. The van der Waals surface area contributed by atoms with Crippen molar-refractivity contribution in [2.45, 2.75) is 24.3 Å². The number of hydrogen-bond acceptors (Lipinski definition) is 4. The fourth-order valence-corrected chi connectivity index (χ4v) is 2.52. The number of aliphatic hydroxyl groups excluding tert-OH is 1. The second-order valence-electron chi connectivity index (χ2n) is 4.30. The summed E-state index contributed by atoms with van der Waals surface area (Å²) < 4.78 is 23.2. The molecule has 1 aromatic rings. The minimum atomic E-state index is -3.22. The van der Waals surface area contributed by atoms with Crippen LogP contribution in [0.2, 0.25) is 0 Å². The van der Waals surface area contributed by atoms with Gasteiger partial charge >= 0.3 is 0 Å². The number of benzene rings is 1. The zero-order valence-electron chi connectivity index (χ0n) is 10.4. The zero-order chi connectivity index (χ0) is 13.1. The molecule has 0 bridgehead atoms. The lowest BCUT2D eigenvalue weighted by atomic mass is 10.2. The van der Waals surface area contributed by atoms with E-state index in [1.54, 1.807) is 25.1 Å². The molecule has 1 N–H and O–H groups in total. The van der Waals surface area contributed by atoms with E-state index in [0.717, 1.165) is 0 Å². The highest BCUT2D eigenvalue weighted by molar-refractivity contribution is 7.90. The van der Waals surface area contributed by atoms with Crippen LogP contribution in [0.25, 0.3) is 0 Å². The van der Waals surface area contributed by atoms with Gasteiger partial charge < -0.3 is 10.0 Å². The van der Waals surface area contributed by atoms with E-state index in [9.17, 15) is 13.5 Å². The molecule has 0 spiro atoms. The maximum absolute atomic E-state index is 11.6. The maximum atomic E-state index is 11.6. The van der Waals surface area contributed by atoms with E-state index < -0.39 is 9.84 Å². The quantitative estimate of drug-likeness (QED) is 0.863. The van der Waals surface area contributed by atoms with Crippen LogP contribution in [0.1, 0.15) is 13.3 Å². The summed E-state index contributed by atoms with van der Waals surface area (Å²) in [5.74, 6) is 0. The van der Waals surface area contributed by atoms with Gasteiger partial charge in [0.25, 0.3) is 0 Å². The van der Waals surface area contributed by atoms with E-state index in [0.29, 0.717) is 23.5 Å². The Morgan fingerprint density at radius 3 is 2.47 bits per heavy atom. The van der Waals surface area contributed by atoms with Gasteiger partial charge in [-0.25, -0.2) is 8.42 Å². The van der Waals surface area contributed by atoms with Crippen molar-refractivity contribution in [1.82, 2.24) is 0 Å². The lowest BCUT2D eigenvalue weighted by Crippen LogP contribution is -2.23. The molecule has 5 heteroatoms. The van der Waals surface area contributed by atoms with Crippen LogP contribution in [0.5, 0.6) is 0 Å². The Kier molecular flexibility index (Phi) is 4.54. The molecule has 0 fully saturated rings. The molecule has 96 valence electrons. The molecule has 0 aromatic heterocycles. The molecular formula is C12H19NO3S. The summed E-state index contributed by atoms with van der Waals surface area (Å²) in [4.78, 5) is 2.18. The van der Waals surface area contributed by atoms with Gasteiger partial charge in [-0.05, 0) is 25.5 Å². The molecule has 1 rings (SSSR count). The molecule has 0 saturated carbocycles. The van der Waals surface area contributed by atoms with Crippen LogP contribution in [0, 0.1) is 0 Å². The summed E-state index contributed by atoms with van der Waals surface area (Å²) in [6.45, 7) is 2.33. The molecule has 0 saturated heterocycles. The smallest absolute Gasteiger partial charge is 0.177 e. The largest absolute Gasteiger partial charge is 0.393 e. The van der Waals surface area contributed by atoms with E-state index in [1.165, 1.54) is 6.26 Å². The lowest BCUT2D eigenvalue weighted by Gasteiger charge is -2.22. The summed E-state index contributed by atoms with van der Waals surface area (Å²) in [6.07, 6.45) is 1.42. The fraction of sp³-hybridized carbons (Fsp3) is 0.500. The minimum Gasteiger partial charge on any atom is -0.393 e. The molecule has 1 aromatic carbocycles. The Balaban J connectivity index is 2.98. The Morgan fingerprint density at radius 2 is 1.94 bits per heavy atom. The van der Waals surface area contributed by atoms with Gasteiger partial charge in [-0.15, -0.1) is 0 Å². The Bertz CT molecular complexity index is 468. The molecule has 0 unspecified atom stereocenters. The van der Waals surface area contributed by atoms with Crippen LogP contribution in [0.4, 0.5) is 5.69 Å². The molecule has 0 aliphatic carbocycles. The number of hydrogen-bond donors (Lipinski definition) is 1. The van der Waals surface area contributed by atoms with Gasteiger partial charge in [-0.3, -0.25) is 0 Å². The lowest BCUT2D eigenvalue weighted by molar-refractivity contribution is 0.187. The van der Waals surface area contributed by atoms with Crippen LogP contribution < -0.4 is 4.90 Å². The molecule has 0 aliphatic rings. The van der Waals surface area contributed by atoms with E-state index in [4.69, 9.17) is 0 Å². The molecule has 0 radical (unpaired) electrons. The van der Waals surface area contributed by atoms with Crippen molar-refractivity contribution in [3.8, 4) is 0 Å². The van der Waals surface area contributed by atoms with Gasteiger partial charge in [0.15, 0.2) is 9.84 Å². The van der Waals surface area contributed by atoms with Crippen molar-refractivity contribution in [1.29, 1.82) is 0 Å². The van der Waals surface area contributed by atoms with Gasteiger partial charge in [0.05, 0.1) is 16.7 Å². The predicted octanol–water partition coefficient (Wildman–Crippen LogP) is 1.30. The number of sulfone groups is 1. The molecule has 0 amide bonds. The summed E-state index contributed by atoms with van der Waals surface area (Å²) in [5.41, 5.74) is 0.677. The van der Waals surface area contributed by atoms with Crippen molar-refractivity contribution in [3.05, 3.63) is 24.3 Å². The summed E-state index contributed by atoms with van der Waals surface area (Å²) in [7, 11) is -1.40. The second kappa shape index (κ2) is 5.51. The number of anilines is 1. The zero-order valence-corrected chi connectivity index (χ0v) is 11.2.